The van der Waals surface area contributed by atoms with Crippen LogP contribution in [0.15, 0.2) is 54.6 Å². The second-order valence-corrected chi connectivity index (χ2v) is 7.86. The van der Waals surface area contributed by atoms with Crippen LogP contribution in [-0.4, -0.2) is 0 Å². The van der Waals surface area contributed by atoms with Crippen LogP contribution in [0.3, 0.4) is 0 Å². The van der Waals surface area contributed by atoms with Crippen LogP contribution in [0.2, 0.25) is 0 Å². The molecule has 0 amide bonds. The van der Waals surface area contributed by atoms with Gasteiger partial charge in [-0.05, 0) is 85.6 Å². The highest BCUT2D eigenvalue weighted by atomic mass is 19.2. The Balaban J connectivity index is 1.47. The summed E-state index contributed by atoms with van der Waals surface area (Å²) in [7, 11) is 0. The highest BCUT2D eigenvalue weighted by Crippen LogP contribution is 2.32. The molecule has 1 saturated carbocycles. The molecule has 0 radical (unpaired) electrons. The molecule has 0 heterocycles. The van der Waals surface area contributed by atoms with Crippen LogP contribution in [0.1, 0.15) is 57.4 Å². The first kappa shape index (κ1) is 19.8. The third-order valence-electron chi connectivity index (χ3n) is 5.80. The summed E-state index contributed by atoms with van der Waals surface area (Å²) in [5.74, 6) is 0.0394. The van der Waals surface area contributed by atoms with Gasteiger partial charge in [-0.1, -0.05) is 55.8 Å². The summed E-state index contributed by atoms with van der Waals surface area (Å²) in [6.45, 7) is 2.23. The molecule has 1 aliphatic rings. The first-order chi connectivity index (χ1) is 13.2. The largest absolute Gasteiger partial charge is 0.204 e. The molecule has 0 bridgehead atoms. The smallest absolute Gasteiger partial charge is 0.159 e. The van der Waals surface area contributed by atoms with Crippen molar-refractivity contribution >= 4 is 0 Å². The second kappa shape index (κ2) is 9.82. The zero-order valence-corrected chi connectivity index (χ0v) is 16.3. The van der Waals surface area contributed by atoms with Crippen LogP contribution < -0.4 is 0 Å². The minimum Gasteiger partial charge on any atom is -0.204 e. The monoisotopic (exact) mass is 368 g/mol. The molecule has 0 atom stereocenters. The van der Waals surface area contributed by atoms with Gasteiger partial charge < -0.3 is 0 Å². The topological polar surface area (TPSA) is 0 Å². The van der Waals surface area contributed by atoms with E-state index in [4.69, 9.17) is 0 Å². The predicted octanol–water partition coefficient (Wildman–Crippen LogP) is 7.73. The number of hydrogen-bond acceptors (Lipinski definition) is 0. The lowest BCUT2D eigenvalue weighted by Gasteiger charge is -2.26. The number of aryl methyl sites for hydroxylation is 1. The molecule has 27 heavy (non-hydrogen) atoms. The molecule has 2 heteroatoms. The van der Waals surface area contributed by atoms with Gasteiger partial charge in [-0.25, -0.2) is 8.78 Å². The molecule has 0 unspecified atom stereocenters. The second-order valence-electron chi connectivity index (χ2n) is 7.86. The van der Waals surface area contributed by atoms with Gasteiger partial charge in [0.1, 0.15) is 0 Å². The van der Waals surface area contributed by atoms with E-state index in [1.165, 1.54) is 62.6 Å². The Morgan fingerprint density at radius 2 is 1.59 bits per heavy atom. The molecule has 1 fully saturated rings. The Kier molecular flexibility index (Phi) is 7.20. The predicted molar refractivity (Wildman–Crippen MR) is 110 cm³/mol. The Morgan fingerprint density at radius 1 is 0.889 bits per heavy atom. The van der Waals surface area contributed by atoms with Crippen molar-refractivity contribution in [3.63, 3.8) is 0 Å². The summed E-state index contributed by atoms with van der Waals surface area (Å²) in [5, 5.41) is 0. The molecular formula is C25H30F2. The normalized spacial score (nSPS) is 20.3. The number of rotatable bonds is 7. The summed E-state index contributed by atoms with van der Waals surface area (Å²) < 4.78 is 26.5. The minimum absolute atomic E-state index is 0.718. The van der Waals surface area contributed by atoms with Crippen LogP contribution in [-0.2, 0) is 6.42 Å². The lowest BCUT2D eigenvalue weighted by molar-refractivity contribution is 0.296. The summed E-state index contributed by atoms with van der Waals surface area (Å²) in [4.78, 5) is 0. The van der Waals surface area contributed by atoms with E-state index in [1.807, 2.05) is 12.1 Å². The highest BCUT2D eigenvalue weighted by Gasteiger charge is 2.19. The molecule has 1 aliphatic carbocycles. The van der Waals surface area contributed by atoms with Crippen molar-refractivity contribution in [2.75, 3.05) is 0 Å². The van der Waals surface area contributed by atoms with Crippen molar-refractivity contribution in [3.8, 4) is 11.1 Å². The van der Waals surface area contributed by atoms with Gasteiger partial charge in [0.15, 0.2) is 11.6 Å². The highest BCUT2D eigenvalue weighted by molar-refractivity contribution is 5.63. The maximum absolute atomic E-state index is 13.4. The molecule has 0 N–H and O–H groups in total. The van der Waals surface area contributed by atoms with E-state index in [1.54, 1.807) is 6.07 Å². The van der Waals surface area contributed by atoms with Crippen LogP contribution in [0, 0.1) is 23.5 Å². The van der Waals surface area contributed by atoms with Crippen LogP contribution >= 0.6 is 0 Å². The zero-order chi connectivity index (χ0) is 19.1. The number of allylic oxidation sites excluding steroid dienone is 2. The number of hydrogen-bond donors (Lipinski definition) is 0. The fourth-order valence-electron chi connectivity index (χ4n) is 4.04. The van der Waals surface area contributed by atoms with Gasteiger partial charge in [-0.15, -0.1) is 0 Å². The SMILES string of the molecule is CCCC=C[C@H]1CC[C@H](CCc2ccc(-c3ccc(F)c(F)c3)cc2)CC1. The molecule has 0 aromatic heterocycles. The summed E-state index contributed by atoms with van der Waals surface area (Å²) in [5.41, 5.74) is 2.97. The molecule has 0 saturated heterocycles. The van der Waals surface area contributed by atoms with Crippen molar-refractivity contribution in [3.05, 3.63) is 71.8 Å². The lowest BCUT2D eigenvalue weighted by atomic mass is 9.79. The Hall–Kier alpha value is -1.96. The first-order valence-corrected chi connectivity index (χ1v) is 10.4. The van der Waals surface area contributed by atoms with Gasteiger partial charge in [-0.3, -0.25) is 0 Å². The van der Waals surface area contributed by atoms with Gasteiger partial charge in [0, 0.05) is 0 Å². The molecule has 0 aliphatic heterocycles. The Bertz CT molecular complexity index is 737. The van der Waals surface area contributed by atoms with Gasteiger partial charge in [0.2, 0.25) is 0 Å². The van der Waals surface area contributed by atoms with Crippen LogP contribution in [0.5, 0.6) is 0 Å². The third kappa shape index (κ3) is 5.76. The fourth-order valence-corrected chi connectivity index (χ4v) is 4.04. The maximum atomic E-state index is 13.4. The summed E-state index contributed by atoms with van der Waals surface area (Å²) >= 11 is 0. The van der Waals surface area contributed by atoms with Crippen molar-refractivity contribution in [1.29, 1.82) is 0 Å². The van der Waals surface area contributed by atoms with E-state index < -0.39 is 11.6 Å². The van der Waals surface area contributed by atoms with Crippen molar-refractivity contribution in [2.24, 2.45) is 11.8 Å². The Labute approximate surface area is 162 Å². The first-order valence-electron chi connectivity index (χ1n) is 10.4. The van der Waals surface area contributed by atoms with Gasteiger partial charge in [0.05, 0.1) is 0 Å². The molecule has 144 valence electrons. The zero-order valence-electron chi connectivity index (χ0n) is 16.3. The lowest BCUT2D eigenvalue weighted by Crippen LogP contribution is -2.13. The summed E-state index contributed by atoms with van der Waals surface area (Å²) in [6.07, 6.45) is 14.9. The quantitative estimate of drug-likeness (QED) is 0.439. The molecule has 3 rings (SSSR count). The summed E-state index contributed by atoms with van der Waals surface area (Å²) in [6, 6.07) is 12.3. The van der Waals surface area contributed by atoms with Gasteiger partial charge in [0.25, 0.3) is 0 Å². The van der Waals surface area contributed by atoms with Crippen molar-refractivity contribution < 1.29 is 8.78 Å². The average Bonchev–Trinajstić information content (AvgIpc) is 2.70. The Morgan fingerprint density at radius 3 is 2.26 bits per heavy atom. The van der Waals surface area contributed by atoms with Crippen molar-refractivity contribution in [2.45, 2.75) is 58.3 Å². The standard InChI is InChI=1S/C25H30F2/c1-2-3-4-5-19-6-8-20(9-7-19)10-11-21-12-14-22(15-13-21)23-16-17-24(26)25(27)18-23/h4-5,12-20H,2-3,6-11H2,1H3/t19-,20-. The van der Waals surface area contributed by atoms with E-state index in [-0.39, 0.29) is 0 Å². The minimum atomic E-state index is -0.800. The maximum Gasteiger partial charge on any atom is 0.159 e. The van der Waals surface area contributed by atoms with Crippen LogP contribution in [0.4, 0.5) is 8.78 Å². The third-order valence-corrected chi connectivity index (χ3v) is 5.80. The van der Waals surface area contributed by atoms with E-state index >= 15 is 0 Å². The average molecular weight is 369 g/mol. The molecule has 0 spiro atoms. The van der Waals surface area contributed by atoms with E-state index in [9.17, 15) is 8.78 Å². The molecule has 0 nitrogen and oxygen atoms in total. The number of halogens is 2. The van der Waals surface area contributed by atoms with Crippen molar-refractivity contribution in [1.82, 2.24) is 0 Å². The van der Waals surface area contributed by atoms with E-state index in [0.717, 1.165) is 29.4 Å². The molecular weight excluding hydrogens is 338 g/mol. The van der Waals surface area contributed by atoms with E-state index in [2.05, 4.69) is 31.2 Å². The molecule has 2 aromatic carbocycles. The van der Waals surface area contributed by atoms with Gasteiger partial charge in [-0.2, -0.15) is 0 Å². The molecule has 2 aromatic rings. The van der Waals surface area contributed by atoms with Crippen LogP contribution in [0.25, 0.3) is 11.1 Å². The number of benzene rings is 2. The van der Waals surface area contributed by atoms with E-state index in [0.29, 0.717) is 0 Å². The van der Waals surface area contributed by atoms with Gasteiger partial charge >= 0.3 is 0 Å². The fraction of sp³-hybridized carbons (Fsp3) is 0.440. The number of unbranched alkanes of at least 4 members (excludes halogenated alkanes) is 1.